The van der Waals surface area contributed by atoms with Gasteiger partial charge < -0.3 is 20.1 Å². The summed E-state index contributed by atoms with van der Waals surface area (Å²) in [5.74, 6) is -0.541. The van der Waals surface area contributed by atoms with Gasteiger partial charge in [0.2, 0.25) is 5.91 Å². The number of anilines is 2. The smallest absolute Gasteiger partial charge is 0.341 e. The first-order chi connectivity index (χ1) is 13.4. The number of hydrogen-bond donors (Lipinski definition) is 2. The maximum atomic E-state index is 12.3. The van der Waals surface area contributed by atoms with E-state index in [9.17, 15) is 19.7 Å². The molecule has 0 unspecified atom stereocenters. The molecule has 0 aliphatic rings. The number of nitrogens with one attached hydrogen (secondary N) is 2. The van der Waals surface area contributed by atoms with E-state index in [2.05, 4.69) is 10.6 Å². The lowest BCUT2D eigenvalue weighted by molar-refractivity contribution is -0.384. The molecule has 0 saturated carbocycles. The van der Waals surface area contributed by atoms with Crippen LogP contribution in [0.4, 0.5) is 16.4 Å². The van der Waals surface area contributed by atoms with Crippen LogP contribution in [-0.2, 0) is 16.0 Å². The highest BCUT2D eigenvalue weighted by molar-refractivity contribution is 7.16. The normalized spacial score (nSPS) is 10.2. The van der Waals surface area contributed by atoms with Crippen LogP contribution in [0, 0.1) is 10.1 Å². The van der Waals surface area contributed by atoms with Gasteiger partial charge in [0, 0.05) is 17.0 Å². The molecule has 0 saturated heterocycles. The van der Waals surface area contributed by atoms with Crippen molar-refractivity contribution in [2.45, 2.75) is 20.3 Å². The van der Waals surface area contributed by atoms with E-state index < -0.39 is 16.8 Å². The molecule has 0 atom stereocenters. The Kier molecular flexibility index (Phi) is 7.33. The number of non-ortho nitro benzene ring substituents is 1. The number of hydrogen-bond acceptors (Lipinski definition) is 8. The monoisotopic (exact) mass is 407 g/mol. The Bertz CT molecular complexity index is 880. The molecule has 28 heavy (non-hydrogen) atoms. The summed E-state index contributed by atoms with van der Waals surface area (Å²) in [6.07, 6.45) is 0.718. The van der Waals surface area contributed by atoms with Crippen LogP contribution in [0.1, 0.15) is 29.1 Å². The number of benzene rings is 1. The molecule has 0 aliphatic carbocycles. The van der Waals surface area contributed by atoms with Gasteiger partial charge in [-0.3, -0.25) is 14.9 Å². The van der Waals surface area contributed by atoms with Crippen molar-refractivity contribution in [3.8, 4) is 5.75 Å². The van der Waals surface area contributed by atoms with E-state index in [1.165, 1.54) is 36.6 Å². The third kappa shape index (κ3) is 5.19. The van der Waals surface area contributed by atoms with Crippen LogP contribution < -0.4 is 15.4 Å². The fraction of sp³-hybridized carbons (Fsp3) is 0.333. The maximum Gasteiger partial charge on any atom is 0.341 e. The Morgan fingerprint density at radius 2 is 2.00 bits per heavy atom. The summed E-state index contributed by atoms with van der Waals surface area (Å²) in [6, 6.07) is 5.75. The molecule has 0 fully saturated rings. The predicted molar refractivity (Wildman–Crippen MR) is 106 cm³/mol. The summed E-state index contributed by atoms with van der Waals surface area (Å²) in [7, 11) is 1.43. The Morgan fingerprint density at radius 3 is 2.61 bits per heavy atom. The van der Waals surface area contributed by atoms with Gasteiger partial charge in [-0.2, -0.15) is 0 Å². The molecule has 0 radical (unpaired) electrons. The number of esters is 1. The average molecular weight is 407 g/mol. The Morgan fingerprint density at radius 1 is 1.25 bits per heavy atom. The molecule has 0 aliphatic heterocycles. The highest BCUT2D eigenvalue weighted by atomic mass is 32.1. The zero-order valence-corrected chi connectivity index (χ0v) is 16.6. The number of aryl methyl sites for hydroxylation is 1. The fourth-order valence-corrected chi connectivity index (χ4v) is 3.36. The summed E-state index contributed by atoms with van der Waals surface area (Å²) in [6.45, 7) is 3.72. The number of nitro groups is 1. The number of carbonyl (C=O) groups is 2. The number of thiophene rings is 1. The molecule has 1 aromatic carbocycles. The van der Waals surface area contributed by atoms with Crippen LogP contribution in [0.5, 0.6) is 5.75 Å². The largest absolute Gasteiger partial charge is 0.495 e. The van der Waals surface area contributed by atoms with Gasteiger partial charge in [0.15, 0.2) is 0 Å². The Labute approximate surface area is 165 Å². The first kappa shape index (κ1) is 21.2. The van der Waals surface area contributed by atoms with Crippen molar-refractivity contribution in [3.63, 3.8) is 0 Å². The van der Waals surface area contributed by atoms with Crippen LogP contribution in [-0.4, -0.2) is 37.1 Å². The first-order valence-corrected chi connectivity index (χ1v) is 9.37. The van der Waals surface area contributed by atoms with Gasteiger partial charge in [-0.15, -0.1) is 11.3 Å². The van der Waals surface area contributed by atoms with Crippen molar-refractivity contribution in [1.29, 1.82) is 0 Å². The van der Waals surface area contributed by atoms with Crippen molar-refractivity contribution in [2.24, 2.45) is 0 Å². The molecule has 10 heteroatoms. The quantitative estimate of drug-likeness (QED) is 0.371. The second-order valence-corrected chi connectivity index (χ2v) is 6.71. The van der Waals surface area contributed by atoms with Crippen LogP contribution in [0.2, 0.25) is 0 Å². The first-order valence-electron chi connectivity index (χ1n) is 8.55. The van der Waals surface area contributed by atoms with E-state index in [-0.39, 0.29) is 18.8 Å². The topological polar surface area (TPSA) is 120 Å². The van der Waals surface area contributed by atoms with Gasteiger partial charge >= 0.3 is 5.97 Å². The molecule has 0 bridgehead atoms. The number of nitrogens with zero attached hydrogens (tertiary/aromatic N) is 1. The zero-order valence-electron chi connectivity index (χ0n) is 15.7. The summed E-state index contributed by atoms with van der Waals surface area (Å²) >= 11 is 1.30. The molecule has 9 nitrogen and oxygen atoms in total. The number of carbonyl (C=O) groups excluding carboxylic acids is 2. The molecule has 2 aromatic rings. The van der Waals surface area contributed by atoms with Crippen LogP contribution in [0.25, 0.3) is 0 Å². The van der Waals surface area contributed by atoms with Gasteiger partial charge in [0.25, 0.3) is 5.69 Å². The second kappa shape index (κ2) is 9.70. The zero-order chi connectivity index (χ0) is 20.7. The van der Waals surface area contributed by atoms with E-state index in [0.29, 0.717) is 22.0 Å². The minimum Gasteiger partial charge on any atom is -0.495 e. The SMILES string of the molecule is CCOC(=O)c1cc(CC)sc1NC(=O)CNc1cc([N+](=O)[O-])ccc1OC. The van der Waals surface area contributed by atoms with Crippen LogP contribution >= 0.6 is 11.3 Å². The standard InChI is InChI=1S/C18H21N3O6S/c1-4-12-9-13(18(23)27-5-2)17(28-12)20-16(22)10-19-14-8-11(21(24)25)6-7-15(14)26-3/h6-9,19H,4-5,10H2,1-3H3,(H,20,22). The van der Waals surface area contributed by atoms with Crippen LogP contribution in [0.15, 0.2) is 24.3 Å². The van der Waals surface area contributed by atoms with Crippen molar-refractivity contribution in [1.82, 2.24) is 0 Å². The Hall–Kier alpha value is -3.14. The van der Waals surface area contributed by atoms with Crippen LogP contribution in [0.3, 0.4) is 0 Å². The lowest BCUT2D eigenvalue weighted by Gasteiger charge is -2.11. The highest BCUT2D eigenvalue weighted by Crippen LogP contribution is 2.30. The third-order valence-corrected chi connectivity index (χ3v) is 4.91. The van der Waals surface area contributed by atoms with Crippen molar-refractivity contribution in [2.75, 3.05) is 30.9 Å². The minimum atomic E-state index is -0.533. The summed E-state index contributed by atoms with van der Waals surface area (Å²) in [5.41, 5.74) is 0.502. The van der Waals surface area contributed by atoms with Crippen molar-refractivity contribution < 1.29 is 24.0 Å². The van der Waals surface area contributed by atoms with Crippen molar-refractivity contribution in [3.05, 3.63) is 44.8 Å². The summed E-state index contributed by atoms with van der Waals surface area (Å²) < 4.78 is 10.2. The lowest BCUT2D eigenvalue weighted by atomic mass is 10.2. The van der Waals surface area contributed by atoms with Gasteiger partial charge in [0.05, 0.1) is 36.4 Å². The molecule has 1 heterocycles. The number of ether oxygens (including phenoxy) is 2. The fourth-order valence-electron chi connectivity index (χ4n) is 2.36. The molecular formula is C18H21N3O6S. The maximum absolute atomic E-state index is 12.3. The number of nitro benzene ring substituents is 1. The van der Waals surface area contributed by atoms with E-state index >= 15 is 0 Å². The number of methoxy groups -OCH3 is 1. The lowest BCUT2D eigenvalue weighted by Crippen LogP contribution is -2.22. The van der Waals surface area contributed by atoms with Gasteiger partial charge in [0.1, 0.15) is 10.8 Å². The van der Waals surface area contributed by atoms with Gasteiger partial charge in [-0.1, -0.05) is 6.92 Å². The average Bonchev–Trinajstić information content (AvgIpc) is 3.09. The van der Waals surface area contributed by atoms with Crippen molar-refractivity contribution >= 4 is 39.6 Å². The highest BCUT2D eigenvalue weighted by Gasteiger charge is 2.19. The summed E-state index contributed by atoms with van der Waals surface area (Å²) in [5, 5.41) is 16.9. The third-order valence-electron chi connectivity index (χ3n) is 3.71. The van der Waals surface area contributed by atoms with E-state index in [4.69, 9.17) is 9.47 Å². The minimum absolute atomic E-state index is 0.126. The molecule has 2 rings (SSSR count). The summed E-state index contributed by atoms with van der Waals surface area (Å²) in [4.78, 5) is 35.8. The molecule has 1 aromatic heterocycles. The Balaban J connectivity index is 2.11. The molecule has 1 amide bonds. The van der Waals surface area contributed by atoms with E-state index in [1.807, 2.05) is 6.92 Å². The number of rotatable bonds is 9. The van der Waals surface area contributed by atoms with E-state index in [0.717, 1.165) is 11.3 Å². The van der Waals surface area contributed by atoms with Gasteiger partial charge in [-0.25, -0.2) is 4.79 Å². The van der Waals surface area contributed by atoms with E-state index in [1.54, 1.807) is 13.0 Å². The van der Waals surface area contributed by atoms with Gasteiger partial charge in [-0.05, 0) is 25.5 Å². The predicted octanol–water partition coefficient (Wildman–Crippen LogP) is 3.45. The molecule has 150 valence electrons. The molecular weight excluding hydrogens is 386 g/mol. The number of amides is 1. The molecule has 0 spiro atoms. The molecule has 2 N–H and O–H groups in total. The second-order valence-electron chi connectivity index (χ2n) is 5.57.